The van der Waals surface area contributed by atoms with E-state index in [0.29, 0.717) is 0 Å². The molecule has 1 aromatic rings. The van der Waals surface area contributed by atoms with Gasteiger partial charge in [0, 0.05) is 12.2 Å². The first-order chi connectivity index (χ1) is 8.72. The van der Waals surface area contributed by atoms with Gasteiger partial charge in [-0.1, -0.05) is 13.8 Å². The van der Waals surface area contributed by atoms with E-state index in [1.54, 1.807) is 6.92 Å². The van der Waals surface area contributed by atoms with Crippen LogP contribution in [0.1, 0.15) is 27.2 Å². The molecule has 8 heteroatoms. The van der Waals surface area contributed by atoms with Crippen LogP contribution in [-0.4, -0.2) is 35.3 Å². The second-order valence-electron chi connectivity index (χ2n) is 4.74. The standard InChI is InChI=1S/C11H19N3O4S/c1-8(2)9(3)13-19(17,18)10-6-12-14(7-10)5-4-11(15)16/h6-9,13H,4-5H2,1-3H3,(H,15,16). The third-order valence-electron chi connectivity index (χ3n) is 2.82. The van der Waals surface area contributed by atoms with E-state index in [-0.39, 0.29) is 29.8 Å². The molecule has 0 bridgehead atoms. The number of nitrogens with zero attached hydrogens (tertiary/aromatic N) is 2. The summed E-state index contributed by atoms with van der Waals surface area (Å²) >= 11 is 0. The number of carboxylic acid groups (broad SMARTS) is 1. The molecule has 7 nitrogen and oxygen atoms in total. The van der Waals surface area contributed by atoms with Gasteiger partial charge in [0.05, 0.1) is 19.2 Å². The Balaban J connectivity index is 2.77. The van der Waals surface area contributed by atoms with Crippen molar-refractivity contribution in [3.05, 3.63) is 12.4 Å². The number of hydrogen-bond acceptors (Lipinski definition) is 4. The van der Waals surface area contributed by atoms with Crippen molar-refractivity contribution in [3.8, 4) is 0 Å². The van der Waals surface area contributed by atoms with E-state index in [1.807, 2.05) is 13.8 Å². The van der Waals surface area contributed by atoms with Gasteiger partial charge in [-0.3, -0.25) is 9.48 Å². The van der Waals surface area contributed by atoms with Gasteiger partial charge in [0.25, 0.3) is 0 Å². The summed E-state index contributed by atoms with van der Waals surface area (Å²) in [5.41, 5.74) is 0. The van der Waals surface area contributed by atoms with Crippen molar-refractivity contribution >= 4 is 16.0 Å². The third-order valence-corrected chi connectivity index (χ3v) is 4.33. The zero-order valence-electron chi connectivity index (χ0n) is 11.2. The SMILES string of the molecule is CC(C)C(C)NS(=O)(=O)c1cnn(CCC(=O)O)c1. The summed E-state index contributed by atoms with van der Waals surface area (Å²) in [4.78, 5) is 10.5. The molecule has 1 atom stereocenters. The number of carboxylic acids is 1. The fourth-order valence-corrected chi connectivity index (χ4v) is 2.61. The van der Waals surface area contributed by atoms with Gasteiger partial charge in [-0.05, 0) is 12.8 Å². The molecule has 2 N–H and O–H groups in total. The Labute approximate surface area is 112 Å². The molecule has 1 rings (SSSR count). The fourth-order valence-electron chi connectivity index (χ4n) is 1.26. The molecular weight excluding hydrogens is 270 g/mol. The van der Waals surface area contributed by atoms with Gasteiger partial charge < -0.3 is 5.11 Å². The van der Waals surface area contributed by atoms with Crippen LogP contribution in [0.5, 0.6) is 0 Å². The molecule has 108 valence electrons. The highest BCUT2D eigenvalue weighted by atomic mass is 32.2. The van der Waals surface area contributed by atoms with Crippen molar-refractivity contribution in [1.29, 1.82) is 0 Å². The normalized spacial score (nSPS) is 13.7. The predicted octanol–water partition coefficient (Wildman–Crippen LogP) is 0.681. The van der Waals surface area contributed by atoms with Crippen LogP contribution in [0.4, 0.5) is 0 Å². The minimum atomic E-state index is -3.60. The number of aromatic nitrogens is 2. The average molecular weight is 289 g/mol. The van der Waals surface area contributed by atoms with E-state index in [2.05, 4.69) is 9.82 Å². The van der Waals surface area contributed by atoms with Crippen LogP contribution in [0.2, 0.25) is 0 Å². The summed E-state index contributed by atoms with van der Waals surface area (Å²) < 4.78 is 27.9. The van der Waals surface area contributed by atoms with E-state index in [9.17, 15) is 13.2 Å². The number of sulfonamides is 1. The summed E-state index contributed by atoms with van der Waals surface area (Å²) in [6, 6.07) is -0.188. The molecule has 0 saturated heterocycles. The molecule has 0 aliphatic heterocycles. The molecule has 0 aromatic carbocycles. The molecule has 0 aliphatic carbocycles. The molecule has 1 unspecified atom stereocenters. The van der Waals surface area contributed by atoms with Crippen LogP contribution >= 0.6 is 0 Å². The molecule has 0 radical (unpaired) electrons. The number of aryl methyl sites for hydroxylation is 1. The van der Waals surface area contributed by atoms with Gasteiger partial charge in [0.2, 0.25) is 10.0 Å². The van der Waals surface area contributed by atoms with Gasteiger partial charge in [0.1, 0.15) is 4.90 Å². The summed E-state index contributed by atoms with van der Waals surface area (Å²) in [6.45, 7) is 5.77. The van der Waals surface area contributed by atoms with Crippen molar-refractivity contribution < 1.29 is 18.3 Å². The van der Waals surface area contributed by atoms with Crippen molar-refractivity contribution in [3.63, 3.8) is 0 Å². The lowest BCUT2D eigenvalue weighted by atomic mass is 10.1. The van der Waals surface area contributed by atoms with Crippen LogP contribution in [0.25, 0.3) is 0 Å². The zero-order chi connectivity index (χ0) is 14.6. The average Bonchev–Trinajstić information content (AvgIpc) is 2.74. The minimum absolute atomic E-state index is 0.0467. The zero-order valence-corrected chi connectivity index (χ0v) is 12.0. The monoisotopic (exact) mass is 289 g/mol. The Morgan fingerprint density at radius 2 is 2.11 bits per heavy atom. The maximum absolute atomic E-state index is 12.0. The first-order valence-corrected chi connectivity index (χ1v) is 7.47. The van der Waals surface area contributed by atoms with Crippen molar-refractivity contribution in [2.45, 2.75) is 44.7 Å². The Kier molecular flexibility index (Phi) is 5.07. The number of carbonyl (C=O) groups is 1. The molecule has 0 fully saturated rings. The lowest BCUT2D eigenvalue weighted by molar-refractivity contribution is -0.137. The number of nitrogens with one attached hydrogen (secondary N) is 1. The van der Waals surface area contributed by atoms with Crippen LogP contribution in [0, 0.1) is 5.92 Å². The van der Waals surface area contributed by atoms with Crippen LogP contribution in [0.15, 0.2) is 17.3 Å². The van der Waals surface area contributed by atoms with Crippen molar-refractivity contribution in [2.24, 2.45) is 5.92 Å². The molecule has 0 spiro atoms. The summed E-state index contributed by atoms with van der Waals surface area (Å²) in [6.07, 6.45) is 2.45. The molecule has 0 amide bonds. The first kappa shape index (κ1) is 15.6. The maximum atomic E-state index is 12.0. The van der Waals surface area contributed by atoms with E-state index >= 15 is 0 Å². The Hall–Kier alpha value is -1.41. The molecule has 1 aromatic heterocycles. The molecule has 19 heavy (non-hydrogen) atoms. The highest BCUT2D eigenvalue weighted by Crippen LogP contribution is 2.10. The second kappa shape index (κ2) is 6.16. The maximum Gasteiger partial charge on any atom is 0.305 e. The van der Waals surface area contributed by atoms with Gasteiger partial charge in [0.15, 0.2) is 0 Å². The number of rotatable bonds is 7. The Bertz CT molecular complexity index is 536. The van der Waals surface area contributed by atoms with Gasteiger partial charge in [-0.25, -0.2) is 13.1 Å². The van der Waals surface area contributed by atoms with E-state index in [1.165, 1.54) is 17.1 Å². The second-order valence-corrected chi connectivity index (χ2v) is 6.45. The van der Waals surface area contributed by atoms with E-state index < -0.39 is 16.0 Å². The highest BCUT2D eigenvalue weighted by molar-refractivity contribution is 7.89. The van der Waals surface area contributed by atoms with Crippen molar-refractivity contribution in [1.82, 2.24) is 14.5 Å². The van der Waals surface area contributed by atoms with E-state index in [0.717, 1.165) is 0 Å². The lowest BCUT2D eigenvalue weighted by Gasteiger charge is -2.16. The summed E-state index contributed by atoms with van der Waals surface area (Å²) in [5, 5.41) is 12.4. The summed E-state index contributed by atoms with van der Waals surface area (Å²) in [5.74, 6) is -0.775. The Morgan fingerprint density at radius 1 is 1.47 bits per heavy atom. The predicted molar refractivity (Wildman–Crippen MR) is 69.1 cm³/mol. The van der Waals surface area contributed by atoms with E-state index in [4.69, 9.17) is 5.11 Å². The molecule has 0 saturated carbocycles. The molecule has 0 aliphatic rings. The quantitative estimate of drug-likeness (QED) is 0.768. The van der Waals surface area contributed by atoms with Crippen molar-refractivity contribution in [2.75, 3.05) is 0 Å². The first-order valence-electron chi connectivity index (χ1n) is 5.99. The van der Waals surface area contributed by atoms with Crippen LogP contribution in [-0.2, 0) is 21.4 Å². The molecule has 1 heterocycles. The fraction of sp³-hybridized carbons (Fsp3) is 0.636. The van der Waals surface area contributed by atoms with Gasteiger partial charge >= 0.3 is 5.97 Å². The Morgan fingerprint density at radius 3 is 2.63 bits per heavy atom. The lowest BCUT2D eigenvalue weighted by Crippen LogP contribution is -2.35. The molecular formula is C11H19N3O4S. The highest BCUT2D eigenvalue weighted by Gasteiger charge is 2.20. The number of hydrogen-bond donors (Lipinski definition) is 2. The summed E-state index contributed by atoms with van der Waals surface area (Å²) in [7, 11) is -3.60. The van der Waals surface area contributed by atoms with Gasteiger partial charge in [-0.2, -0.15) is 5.10 Å². The number of aliphatic carboxylic acids is 1. The smallest absolute Gasteiger partial charge is 0.305 e. The topological polar surface area (TPSA) is 101 Å². The minimum Gasteiger partial charge on any atom is -0.481 e. The van der Waals surface area contributed by atoms with Crippen LogP contribution < -0.4 is 4.72 Å². The van der Waals surface area contributed by atoms with Gasteiger partial charge in [-0.15, -0.1) is 0 Å². The third kappa shape index (κ3) is 4.64. The van der Waals surface area contributed by atoms with Crippen LogP contribution in [0.3, 0.4) is 0 Å². The largest absolute Gasteiger partial charge is 0.481 e.